The van der Waals surface area contributed by atoms with Crippen LogP contribution in [0.25, 0.3) is 0 Å². The van der Waals surface area contributed by atoms with E-state index in [1.807, 2.05) is 0 Å². The van der Waals surface area contributed by atoms with Gasteiger partial charge in [-0.15, -0.1) is 10.2 Å². The molecule has 0 unspecified atom stereocenters. The third kappa shape index (κ3) is 3.29. The van der Waals surface area contributed by atoms with Crippen LogP contribution >= 0.6 is 11.6 Å². The predicted octanol–water partition coefficient (Wildman–Crippen LogP) is 0.949. The van der Waals surface area contributed by atoms with Crippen molar-refractivity contribution in [3.8, 4) is 0 Å². The zero-order valence-corrected chi connectivity index (χ0v) is 10.7. The van der Waals surface area contributed by atoms with E-state index in [9.17, 15) is 9.59 Å². The van der Waals surface area contributed by atoms with Crippen LogP contribution in [0.4, 0.5) is 5.69 Å². The molecule has 0 spiro atoms. The lowest BCUT2D eigenvalue weighted by atomic mass is 10.2. The number of aryl methyl sites for hydroxylation is 1. The molecule has 0 bridgehead atoms. The highest BCUT2D eigenvalue weighted by molar-refractivity contribution is 6.42. The van der Waals surface area contributed by atoms with Crippen LogP contribution in [0.2, 0.25) is 5.02 Å². The minimum atomic E-state index is -0.825. The maximum atomic E-state index is 11.7. The number of benzene rings is 1. The summed E-state index contributed by atoms with van der Waals surface area (Å²) in [5, 5.41) is 10.0. The maximum absolute atomic E-state index is 11.7. The average molecular weight is 280 g/mol. The van der Waals surface area contributed by atoms with Crippen LogP contribution in [-0.4, -0.2) is 26.7 Å². The van der Waals surface area contributed by atoms with Gasteiger partial charge < -0.3 is 5.32 Å². The number of rotatable bonds is 2. The zero-order chi connectivity index (χ0) is 13.8. The Bertz CT molecular complexity index is 612. The van der Waals surface area contributed by atoms with Gasteiger partial charge in [0.05, 0.1) is 0 Å². The zero-order valence-electron chi connectivity index (χ0n) is 9.92. The van der Waals surface area contributed by atoms with E-state index in [1.54, 1.807) is 25.1 Å². The summed E-state index contributed by atoms with van der Waals surface area (Å²) < 4.78 is 1.18. The molecule has 0 aliphatic carbocycles. The maximum Gasteiger partial charge on any atom is 0.328 e. The molecular weight excluding hydrogens is 270 g/mol. The van der Waals surface area contributed by atoms with Gasteiger partial charge in [0, 0.05) is 10.7 Å². The second kappa shape index (κ2) is 5.49. The number of nitrogens with zero attached hydrogens (tertiary/aromatic N) is 3. The highest BCUT2D eigenvalue weighted by atomic mass is 35.5. The van der Waals surface area contributed by atoms with Crippen molar-refractivity contribution in [3.05, 3.63) is 41.4 Å². The summed E-state index contributed by atoms with van der Waals surface area (Å²) in [7, 11) is 0. The van der Waals surface area contributed by atoms with Crippen LogP contribution in [0.15, 0.2) is 30.9 Å². The molecule has 0 atom stereocenters. The summed E-state index contributed by atoms with van der Waals surface area (Å²) in [4.78, 5) is 23.2. The number of halogens is 1. The first-order valence-corrected chi connectivity index (χ1v) is 5.67. The molecule has 19 heavy (non-hydrogen) atoms. The van der Waals surface area contributed by atoms with Crippen molar-refractivity contribution in [1.82, 2.24) is 14.9 Å². The molecule has 2 N–H and O–H groups in total. The Kier molecular flexibility index (Phi) is 3.76. The van der Waals surface area contributed by atoms with Gasteiger partial charge in [0.1, 0.15) is 12.7 Å². The first kappa shape index (κ1) is 13.0. The summed E-state index contributed by atoms with van der Waals surface area (Å²) in [5.41, 5.74) is 3.57. The highest BCUT2D eigenvalue weighted by Gasteiger charge is 2.15. The number of aromatic nitrogens is 3. The van der Waals surface area contributed by atoms with Crippen molar-refractivity contribution in [2.24, 2.45) is 0 Å². The Morgan fingerprint density at radius 2 is 1.89 bits per heavy atom. The third-order valence-corrected chi connectivity index (χ3v) is 2.53. The summed E-state index contributed by atoms with van der Waals surface area (Å²) in [6.07, 6.45) is 2.53. The molecule has 0 fully saturated rings. The molecule has 8 heteroatoms. The average Bonchev–Trinajstić information content (AvgIpc) is 2.85. The van der Waals surface area contributed by atoms with Crippen LogP contribution in [-0.2, 0) is 9.59 Å². The molecule has 0 saturated heterocycles. The second-order valence-electron chi connectivity index (χ2n) is 3.72. The van der Waals surface area contributed by atoms with Gasteiger partial charge in [-0.3, -0.25) is 15.0 Å². The largest absolute Gasteiger partial charge is 0.328 e. The summed E-state index contributed by atoms with van der Waals surface area (Å²) >= 11 is 5.80. The number of anilines is 1. The van der Waals surface area contributed by atoms with E-state index in [0.29, 0.717) is 10.7 Å². The van der Waals surface area contributed by atoms with Crippen LogP contribution in [0, 0.1) is 6.92 Å². The second-order valence-corrected chi connectivity index (χ2v) is 4.16. The van der Waals surface area contributed by atoms with Gasteiger partial charge in [-0.1, -0.05) is 11.6 Å². The predicted molar refractivity (Wildman–Crippen MR) is 69.2 cm³/mol. The third-order valence-electron chi connectivity index (χ3n) is 2.29. The number of nitrogens with one attached hydrogen (secondary N) is 2. The number of hydrogen-bond acceptors (Lipinski definition) is 4. The lowest BCUT2D eigenvalue weighted by Crippen LogP contribution is -2.33. The van der Waals surface area contributed by atoms with E-state index in [-0.39, 0.29) is 0 Å². The van der Waals surface area contributed by atoms with Gasteiger partial charge in [0.25, 0.3) is 0 Å². The van der Waals surface area contributed by atoms with Crippen molar-refractivity contribution < 1.29 is 9.59 Å². The highest BCUT2D eigenvalue weighted by Crippen LogP contribution is 2.19. The molecule has 0 aliphatic rings. The minimum Gasteiger partial charge on any atom is -0.317 e. The van der Waals surface area contributed by atoms with E-state index in [0.717, 1.165) is 5.56 Å². The monoisotopic (exact) mass is 279 g/mol. The number of amides is 2. The van der Waals surface area contributed by atoms with E-state index in [2.05, 4.69) is 20.9 Å². The number of hydrogen-bond donors (Lipinski definition) is 2. The van der Waals surface area contributed by atoms with Gasteiger partial charge in [-0.25, -0.2) is 4.68 Å². The van der Waals surface area contributed by atoms with Crippen LogP contribution < -0.4 is 10.7 Å². The van der Waals surface area contributed by atoms with E-state index >= 15 is 0 Å². The van der Waals surface area contributed by atoms with Crippen LogP contribution in [0.1, 0.15) is 5.56 Å². The Labute approximate surface area is 113 Å². The standard InChI is InChI=1S/C11H10ClN5O2/c1-7-4-8(12)2-3-9(7)15-10(18)11(19)16-17-5-13-14-6-17/h2-6H,1H3,(H,15,18)(H,16,19). The van der Waals surface area contributed by atoms with Crippen LogP contribution in [0.3, 0.4) is 0 Å². The fraction of sp³-hybridized carbons (Fsp3) is 0.0909. The van der Waals surface area contributed by atoms with E-state index in [1.165, 1.54) is 17.3 Å². The minimum absolute atomic E-state index is 0.522. The molecule has 2 aromatic rings. The topological polar surface area (TPSA) is 88.9 Å². The van der Waals surface area contributed by atoms with Crippen molar-refractivity contribution in [3.63, 3.8) is 0 Å². The lowest BCUT2D eigenvalue weighted by Gasteiger charge is -2.08. The molecule has 1 heterocycles. The van der Waals surface area contributed by atoms with Crippen molar-refractivity contribution in [2.75, 3.05) is 10.7 Å². The molecule has 2 amide bonds. The molecule has 0 radical (unpaired) electrons. The summed E-state index contributed by atoms with van der Waals surface area (Å²) in [6, 6.07) is 4.94. The normalized spacial score (nSPS) is 10.0. The quantitative estimate of drug-likeness (QED) is 0.801. The van der Waals surface area contributed by atoms with Gasteiger partial charge in [-0.2, -0.15) is 0 Å². The van der Waals surface area contributed by atoms with Crippen molar-refractivity contribution in [2.45, 2.75) is 6.92 Å². The van der Waals surface area contributed by atoms with Gasteiger partial charge in [0.15, 0.2) is 0 Å². The Balaban J connectivity index is 2.02. The lowest BCUT2D eigenvalue weighted by molar-refractivity contribution is -0.133. The molecule has 98 valence electrons. The number of carbonyl (C=O) groups is 2. The molecule has 2 rings (SSSR count). The van der Waals surface area contributed by atoms with Gasteiger partial charge >= 0.3 is 11.8 Å². The van der Waals surface area contributed by atoms with Crippen molar-refractivity contribution >= 4 is 29.1 Å². The number of carbonyl (C=O) groups excluding carboxylic acids is 2. The van der Waals surface area contributed by atoms with E-state index < -0.39 is 11.8 Å². The van der Waals surface area contributed by atoms with E-state index in [4.69, 9.17) is 11.6 Å². The molecule has 1 aromatic carbocycles. The van der Waals surface area contributed by atoms with Gasteiger partial charge in [0.2, 0.25) is 0 Å². The molecule has 7 nitrogen and oxygen atoms in total. The smallest absolute Gasteiger partial charge is 0.317 e. The molecule has 0 aliphatic heterocycles. The first-order chi connectivity index (χ1) is 9.06. The van der Waals surface area contributed by atoms with Crippen molar-refractivity contribution in [1.29, 1.82) is 0 Å². The summed E-state index contributed by atoms with van der Waals surface area (Å²) in [5.74, 6) is -1.62. The fourth-order valence-electron chi connectivity index (χ4n) is 1.37. The first-order valence-electron chi connectivity index (χ1n) is 5.29. The summed E-state index contributed by atoms with van der Waals surface area (Å²) in [6.45, 7) is 1.78. The Morgan fingerprint density at radius 3 is 2.53 bits per heavy atom. The Hall–Kier alpha value is -2.41. The fourth-order valence-corrected chi connectivity index (χ4v) is 1.60. The SMILES string of the molecule is Cc1cc(Cl)ccc1NC(=O)C(=O)Nn1cnnc1. The molecular formula is C11H10ClN5O2. The molecule has 1 aromatic heterocycles. The Morgan fingerprint density at radius 1 is 1.21 bits per heavy atom. The molecule has 0 saturated carbocycles. The van der Waals surface area contributed by atoms with Crippen LogP contribution in [0.5, 0.6) is 0 Å². The van der Waals surface area contributed by atoms with Gasteiger partial charge in [-0.05, 0) is 30.7 Å².